The monoisotopic (exact) mass is 260 g/mol. The van der Waals surface area contributed by atoms with Gasteiger partial charge in [0.1, 0.15) is 0 Å². The Morgan fingerprint density at radius 3 is 2.71 bits per heavy atom. The van der Waals surface area contributed by atoms with Crippen LogP contribution in [0, 0.1) is 11.3 Å². The smallest absolute Gasteiger partial charge is 0.00672 e. The Hall–Kier alpha value is 0.210. The first-order chi connectivity index (χ1) is 7.59. The molecule has 3 unspecified atom stereocenters. The third kappa shape index (κ3) is 4.11. The highest BCUT2D eigenvalue weighted by molar-refractivity contribution is 5.85. The number of nitrogens with zero attached hydrogens (tertiary/aromatic N) is 1. The predicted octanol–water partition coefficient (Wildman–Crippen LogP) is 2.92. The molecule has 0 aromatic rings. The van der Waals surface area contributed by atoms with Gasteiger partial charge in [0.05, 0.1) is 0 Å². The fourth-order valence-electron chi connectivity index (χ4n) is 3.33. The molecular weight excluding hydrogens is 232 g/mol. The number of hydrogen-bond donors (Lipinski definition) is 1. The predicted molar refractivity (Wildman–Crippen MR) is 76.9 cm³/mol. The molecule has 0 radical (unpaired) electrons. The van der Waals surface area contributed by atoms with Gasteiger partial charge in [-0.3, -0.25) is 4.90 Å². The van der Waals surface area contributed by atoms with Crippen molar-refractivity contribution < 1.29 is 0 Å². The molecule has 102 valence electrons. The Morgan fingerprint density at radius 1 is 1.29 bits per heavy atom. The molecule has 3 atom stereocenters. The summed E-state index contributed by atoms with van der Waals surface area (Å²) in [7, 11) is 0. The van der Waals surface area contributed by atoms with E-state index in [4.69, 9.17) is 0 Å². The molecule has 0 aromatic carbocycles. The van der Waals surface area contributed by atoms with Crippen molar-refractivity contribution in [3.8, 4) is 0 Å². The summed E-state index contributed by atoms with van der Waals surface area (Å²) in [4.78, 5) is 2.75. The molecule has 2 fully saturated rings. The molecule has 0 aromatic heterocycles. The third-order valence-electron chi connectivity index (χ3n) is 4.53. The van der Waals surface area contributed by atoms with Crippen LogP contribution in [-0.4, -0.2) is 37.1 Å². The zero-order valence-corrected chi connectivity index (χ0v) is 12.5. The number of hydrogen-bond acceptors (Lipinski definition) is 2. The number of likely N-dealkylation sites (tertiary alicyclic amines) is 1. The Morgan fingerprint density at radius 2 is 2.06 bits per heavy atom. The largest absolute Gasteiger partial charge is 0.316 e. The summed E-state index contributed by atoms with van der Waals surface area (Å²) < 4.78 is 0. The van der Waals surface area contributed by atoms with Gasteiger partial charge in [0.25, 0.3) is 0 Å². The Bertz CT molecular complexity index is 226. The lowest BCUT2D eigenvalue weighted by Crippen LogP contribution is -2.43. The summed E-state index contributed by atoms with van der Waals surface area (Å²) in [5.41, 5.74) is 0.526. The van der Waals surface area contributed by atoms with Crippen LogP contribution in [0.25, 0.3) is 0 Å². The maximum absolute atomic E-state index is 3.52. The minimum absolute atomic E-state index is 0. The quantitative estimate of drug-likeness (QED) is 0.821. The average molecular weight is 261 g/mol. The van der Waals surface area contributed by atoms with Crippen molar-refractivity contribution in [2.75, 3.05) is 26.2 Å². The van der Waals surface area contributed by atoms with E-state index in [9.17, 15) is 0 Å². The van der Waals surface area contributed by atoms with Gasteiger partial charge in [0.2, 0.25) is 0 Å². The standard InChI is InChI=1S/C14H28N2.ClH/c1-12-5-4-6-13(2)16(9-12)11-14(3)7-8-15-10-14;/h12-13,15H,4-11H2,1-3H3;1H. The first kappa shape index (κ1) is 15.3. The Kier molecular flexibility index (Phi) is 5.75. The second kappa shape index (κ2) is 6.40. The first-order valence-electron chi connectivity index (χ1n) is 7.04. The van der Waals surface area contributed by atoms with Crippen LogP contribution >= 0.6 is 12.4 Å². The van der Waals surface area contributed by atoms with Gasteiger partial charge in [-0.2, -0.15) is 0 Å². The summed E-state index contributed by atoms with van der Waals surface area (Å²) in [6, 6.07) is 0.794. The molecule has 17 heavy (non-hydrogen) atoms. The van der Waals surface area contributed by atoms with Crippen LogP contribution in [0.15, 0.2) is 0 Å². The summed E-state index contributed by atoms with van der Waals surface area (Å²) in [5, 5.41) is 3.52. The van der Waals surface area contributed by atoms with Crippen LogP contribution < -0.4 is 5.32 Å². The van der Waals surface area contributed by atoms with E-state index >= 15 is 0 Å². The van der Waals surface area contributed by atoms with Crippen LogP contribution in [0.3, 0.4) is 0 Å². The van der Waals surface area contributed by atoms with E-state index in [1.165, 1.54) is 51.9 Å². The van der Waals surface area contributed by atoms with Gasteiger partial charge in [-0.25, -0.2) is 0 Å². The molecule has 1 N–H and O–H groups in total. The molecule has 0 bridgehead atoms. The van der Waals surface area contributed by atoms with Gasteiger partial charge in [-0.1, -0.05) is 20.3 Å². The zero-order valence-electron chi connectivity index (χ0n) is 11.7. The fourth-order valence-corrected chi connectivity index (χ4v) is 3.33. The van der Waals surface area contributed by atoms with Gasteiger partial charge < -0.3 is 5.32 Å². The molecule has 0 saturated carbocycles. The molecule has 3 heteroatoms. The van der Waals surface area contributed by atoms with E-state index in [1.54, 1.807) is 0 Å². The highest BCUT2D eigenvalue weighted by atomic mass is 35.5. The van der Waals surface area contributed by atoms with E-state index in [0.717, 1.165) is 12.0 Å². The van der Waals surface area contributed by atoms with Gasteiger partial charge >= 0.3 is 0 Å². The first-order valence-corrected chi connectivity index (χ1v) is 7.04. The maximum Gasteiger partial charge on any atom is 0.00672 e. The summed E-state index contributed by atoms with van der Waals surface area (Å²) in [6.07, 6.45) is 5.60. The molecule has 0 spiro atoms. The molecule has 2 aliphatic heterocycles. The van der Waals surface area contributed by atoms with Gasteiger partial charge in [0.15, 0.2) is 0 Å². The second-order valence-corrected chi connectivity index (χ2v) is 6.55. The van der Waals surface area contributed by atoms with Crippen molar-refractivity contribution in [2.45, 2.75) is 52.5 Å². The number of halogens is 1. The molecule has 2 nitrogen and oxygen atoms in total. The summed E-state index contributed by atoms with van der Waals surface area (Å²) >= 11 is 0. The number of rotatable bonds is 2. The van der Waals surface area contributed by atoms with Crippen molar-refractivity contribution in [3.05, 3.63) is 0 Å². The van der Waals surface area contributed by atoms with E-state index in [-0.39, 0.29) is 12.4 Å². The second-order valence-electron chi connectivity index (χ2n) is 6.55. The lowest BCUT2D eigenvalue weighted by molar-refractivity contribution is 0.128. The normalized spacial score (nSPS) is 39.7. The molecule has 2 rings (SSSR count). The van der Waals surface area contributed by atoms with Crippen molar-refractivity contribution in [3.63, 3.8) is 0 Å². The van der Waals surface area contributed by atoms with E-state index in [0.29, 0.717) is 5.41 Å². The Balaban J connectivity index is 0.00000144. The molecule has 2 aliphatic rings. The molecule has 2 saturated heterocycles. The summed E-state index contributed by atoms with van der Waals surface area (Å²) in [5.74, 6) is 0.892. The van der Waals surface area contributed by atoms with Gasteiger partial charge in [-0.15, -0.1) is 12.4 Å². The zero-order chi connectivity index (χ0) is 11.6. The fraction of sp³-hybridized carbons (Fsp3) is 1.00. The van der Waals surface area contributed by atoms with Crippen LogP contribution in [0.4, 0.5) is 0 Å². The minimum atomic E-state index is 0. The van der Waals surface area contributed by atoms with E-state index in [1.807, 2.05) is 0 Å². The van der Waals surface area contributed by atoms with Crippen LogP contribution in [0.2, 0.25) is 0 Å². The number of nitrogens with one attached hydrogen (secondary N) is 1. The lowest BCUT2D eigenvalue weighted by atomic mass is 9.88. The van der Waals surface area contributed by atoms with Crippen molar-refractivity contribution in [1.82, 2.24) is 10.2 Å². The van der Waals surface area contributed by atoms with Crippen molar-refractivity contribution >= 4 is 12.4 Å². The average Bonchev–Trinajstić information content (AvgIpc) is 2.57. The van der Waals surface area contributed by atoms with Crippen LogP contribution in [0.5, 0.6) is 0 Å². The van der Waals surface area contributed by atoms with Gasteiger partial charge in [0, 0.05) is 25.7 Å². The summed E-state index contributed by atoms with van der Waals surface area (Å²) in [6.45, 7) is 12.3. The van der Waals surface area contributed by atoms with Crippen molar-refractivity contribution in [1.29, 1.82) is 0 Å². The lowest BCUT2D eigenvalue weighted by Gasteiger charge is -2.35. The van der Waals surface area contributed by atoms with Crippen molar-refractivity contribution in [2.24, 2.45) is 11.3 Å². The van der Waals surface area contributed by atoms with Crippen LogP contribution in [-0.2, 0) is 0 Å². The molecule has 2 heterocycles. The SMILES string of the molecule is CC1CCCC(C)N(CC2(C)CCNC2)C1.Cl. The molecule has 0 amide bonds. The highest BCUT2D eigenvalue weighted by Crippen LogP contribution is 2.29. The molecular formula is C14H29ClN2. The minimum Gasteiger partial charge on any atom is -0.316 e. The highest BCUT2D eigenvalue weighted by Gasteiger charge is 2.33. The topological polar surface area (TPSA) is 15.3 Å². The maximum atomic E-state index is 3.52. The van der Waals surface area contributed by atoms with Gasteiger partial charge in [-0.05, 0) is 44.1 Å². The molecule has 0 aliphatic carbocycles. The van der Waals surface area contributed by atoms with E-state index in [2.05, 4.69) is 31.0 Å². The van der Waals surface area contributed by atoms with E-state index < -0.39 is 0 Å². The Labute approximate surface area is 113 Å². The third-order valence-corrected chi connectivity index (χ3v) is 4.53. The van der Waals surface area contributed by atoms with Crippen LogP contribution in [0.1, 0.15) is 46.5 Å².